The highest BCUT2D eigenvalue weighted by Gasteiger charge is 2.08. The Balaban J connectivity index is 0.000000810. The predicted octanol–water partition coefficient (Wildman–Crippen LogP) is 1.83. The van der Waals surface area contributed by atoms with Crippen LogP contribution in [0.4, 0.5) is 4.70 Å². The monoisotopic (exact) mass is 202 g/mol. The van der Waals surface area contributed by atoms with Crippen molar-refractivity contribution in [2.24, 2.45) is 0 Å². The summed E-state index contributed by atoms with van der Waals surface area (Å²) in [6.07, 6.45) is 0. The average molecular weight is 203 g/mol. The molecule has 0 saturated heterocycles. The van der Waals surface area contributed by atoms with Crippen molar-refractivity contribution in [1.29, 1.82) is 0 Å². The van der Waals surface area contributed by atoms with E-state index in [2.05, 4.69) is 0 Å². The summed E-state index contributed by atoms with van der Waals surface area (Å²) in [6, 6.07) is 3.10. The molecule has 0 aliphatic carbocycles. The summed E-state index contributed by atoms with van der Waals surface area (Å²) in [5.74, 6) is 0. The Labute approximate surface area is 66.2 Å². The quantitative estimate of drug-likeness (QED) is 0.652. The van der Waals surface area contributed by atoms with E-state index in [9.17, 15) is 8.42 Å². The Morgan fingerprint density at radius 3 is 2.30 bits per heavy atom. The summed E-state index contributed by atoms with van der Waals surface area (Å²) in [6.45, 7) is 0. The normalized spacial score (nSPS) is 10.5. The van der Waals surface area contributed by atoms with Crippen molar-refractivity contribution in [3.8, 4) is 0 Å². The fourth-order valence-electron chi connectivity index (χ4n) is 0.402. The minimum Gasteiger partial charge on any atom is -0.269 e. The van der Waals surface area contributed by atoms with Crippen LogP contribution in [0.2, 0.25) is 0 Å². The lowest BCUT2D eigenvalue weighted by atomic mass is 10.7. The van der Waals surface area contributed by atoms with Crippen molar-refractivity contribution in [1.82, 2.24) is 0 Å². The zero-order chi connectivity index (χ0) is 6.91. The van der Waals surface area contributed by atoms with Gasteiger partial charge in [-0.25, -0.2) is 8.42 Å². The Kier molecular flexibility index (Phi) is 3.27. The fourth-order valence-corrected chi connectivity index (χ4v) is 2.20. The van der Waals surface area contributed by atoms with Gasteiger partial charge in [0.1, 0.15) is 4.21 Å². The molecule has 1 heterocycles. The highest BCUT2D eigenvalue weighted by molar-refractivity contribution is 8.15. The molecule has 1 aromatic heterocycles. The molecule has 0 atom stereocenters. The molecule has 6 heteroatoms. The number of hydrogen-bond donors (Lipinski definition) is 0. The van der Waals surface area contributed by atoms with Crippen LogP contribution in [0.3, 0.4) is 0 Å². The number of thiophene rings is 1. The molecule has 0 aliphatic heterocycles. The van der Waals surface area contributed by atoms with Gasteiger partial charge in [-0.15, -0.1) is 11.3 Å². The highest BCUT2D eigenvalue weighted by Crippen LogP contribution is 2.19. The second kappa shape index (κ2) is 3.32. The largest absolute Gasteiger partial charge is 0.270 e. The van der Waals surface area contributed by atoms with Crippen molar-refractivity contribution in [2.75, 3.05) is 0 Å². The minimum atomic E-state index is -3.47. The minimum absolute atomic E-state index is 0. The van der Waals surface area contributed by atoms with Gasteiger partial charge in [0.05, 0.1) is 0 Å². The van der Waals surface area contributed by atoms with Crippen LogP contribution in [0.1, 0.15) is 0 Å². The van der Waals surface area contributed by atoms with Gasteiger partial charge in [0.25, 0.3) is 9.05 Å². The molecule has 0 saturated carbocycles. The van der Waals surface area contributed by atoms with Crippen LogP contribution in [0, 0.1) is 0 Å². The molecule has 0 spiro atoms. The standard InChI is InChI=1S/C4H3ClO2S2.FH/c5-9(6,7)4-2-1-3-8-4;/h1-3H;1H. The molecular weight excluding hydrogens is 199 g/mol. The maximum atomic E-state index is 10.5. The second-order valence-corrected chi connectivity index (χ2v) is 5.11. The maximum Gasteiger partial charge on any atom is 0.270 e. The van der Waals surface area contributed by atoms with E-state index < -0.39 is 9.05 Å². The molecule has 0 aromatic carbocycles. The molecular formula is C4H4ClFO2S2. The fraction of sp³-hybridized carbons (Fsp3) is 0. The van der Waals surface area contributed by atoms with Gasteiger partial charge in [-0.3, -0.25) is 4.70 Å². The lowest BCUT2D eigenvalue weighted by molar-refractivity contribution is 0.611. The van der Waals surface area contributed by atoms with E-state index in [1.54, 1.807) is 11.4 Å². The van der Waals surface area contributed by atoms with Crippen LogP contribution >= 0.6 is 22.0 Å². The topological polar surface area (TPSA) is 34.1 Å². The molecule has 0 bridgehead atoms. The van der Waals surface area contributed by atoms with E-state index in [0.29, 0.717) is 0 Å². The van der Waals surface area contributed by atoms with Gasteiger partial charge in [-0.1, -0.05) is 6.07 Å². The van der Waals surface area contributed by atoms with Crippen molar-refractivity contribution in [2.45, 2.75) is 4.21 Å². The van der Waals surface area contributed by atoms with Gasteiger partial charge < -0.3 is 0 Å². The van der Waals surface area contributed by atoms with E-state index in [1.807, 2.05) is 0 Å². The summed E-state index contributed by atoms with van der Waals surface area (Å²) in [7, 11) is 1.51. The summed E-state index contributed by atoms with van der Waals surface area (Å²) >= 11 is 1.11. The van der Waals surface area contributed by atoms with Crippen LogP contribution in [-0.2, 0) is 9.05 Å². The average Bonchev–Trinajstić information content (AvgIpc) is 2.08. The Hall–Kier alpha value is -0.130. The maximum absolute atomic E-state index is 10.5. The predicted molar refractivity (Wildman–Crippen MR) is 39.9 cm³/mol. The van der Waals surface area contributed by atoms with Gasteiger partial charge in [0.2, 0.25) is 0 Å². The van der Waals surface area contributed by atoms with E-state index in [0.717, 1.165) is 11.3 Å². The summed E-state index contributed by atoms with van der Waals surface area (Å²) < 4.78 is 21.1. The highest BCUT2D eigenvalue weighted by atomic mass is 35.7. The number of halogens is 2. The van der Waals surface area contributed by atoms with Crippen molar-refractivity contribution in [3.63, 3.8) is 0 Å². The van der Waals surface area contributed by atoms with Gasteiger partial charge in [0, 0.05) is 10.7 Å². The van der Waals surface area contributed by atoms with E-state index >= 15 is 0 Å². The number of rotatable bonds is 1. The van der Waals surface area contributed by atoms with Crippen LogP contribution < -0.4 is 0 Å². The first kappa shape index (κ1) is 9.87. The van der Waals surface area contributed by atoms with E-state index in [1.165, 1.54) is 6.07 Å². The van der Waals surface area contributed by atoms with Gasteiger partial charge in [-0.05, 0) is 11.4 Å². The van der Waals surface area contributed by atoms with Gasteiger partial charge >= 0.3 is 0 Å². The molecule has 1 aromatic rings. The summed E-state index contributed by atoms with van der Waals surface area (Å²) in [5, 5.41) is 1.66. The molecule has 2 nitrogen and oxygen atoms in total. The van der Waals surface area contributed by atoms with Crippen molar-refractivity contribution >= 4 is 31.1 Å². The van der Waals surface area contributed by atoms with Crippen LogP contribution in [0.15, 0.2) is 21.7 Å². The molecule has 58 valence electrons. The Bertz CT molecular complexity index is 278. The molecule has 0 fully saturated rings. The SMILES string of the molecule is F.O=S(=O)(Cl)c1cccs1. The van der Waals surface area contributed by atoms with E-state index in [-0.39, 0.29) is 8.91 Å². The molecule has 0 aliphatic rings. The third-order valence-corrected chi connectivity index (χ3v) is 3.73. The van der Waals surface area contributed by atoms with Crippen LogP contribution in [-0.4, -0.2) is 8.42 Å². The Morgan fingerprint density at radius 2 is 2.10 bits per heavy atom. The third kappa shape index (κ3) is 2.24. The lowest BCUT2D eigenvalue weighted by Crippen LogP contribution is -1.82. The molecule has 1 rings (SSSR count). The van der Waals surface area contributed by atoms with Gasteiger partial charge in [0.15, 0.2) is 0 Å². The molecule has 0 amide bonds. The first-order valence-electron chi connectivity index (χ1n) is 2.09. The van der Waals surface area contributed by atoms with Crippen LogP contribution in [0.25, 0.3) is 0 Å². The molecule has 0 radical (unpaired) electrons. The van der Waals surface area contributed by atoms with Crippen molar-refractivity contribution < 1.29 is 13.1 Å². The van der Waals surface area contributed by atoms with E-state index in [4.69, 9.17) is 10.7 Å². The molecule has 0 unspecified atom stereocenters. The zero-order valence-electron chi connectivity index (χ0n) is 4.65. The van der Waals surface area contributed by atoms with Gasteiger partial charge in [-0.2, -0.15) is 0 Å². The van der Waals surface area contributed by atoms with Crippen LogP contribution in [0.5, 0.6) is 0 Å². The summed E-state index contributed by atoms with van der Waals surface area (Å²) in [4.78, 5) is 0. The smallest absolute Gasteiger partial charge is 0.269 e. The first-order chi connectivity index (χ1) is 4.11. The Morgan fingerprint density at radius 1 is 1.50 bits per heavy atom. The molecule has 0 N–H and O–H groups in total. The zero-order valence-corrected chi connectivity index (χ0v) is 7.04. The lowest BCUT2D eigenvalue weighted by Gasteiger charge is -1.82. The second-order valence-electron chi connectivity index (χ2n) is 1.37. The third-order valence-electron chi connectivity index (χ3n) is 0.735. The molecule has 10 heavy (non-hydrogen) atoms. The number of hydrogen-bond acceptors (Lipinski definition) is 3. The first-order valence-corrected chi connectivity index (χ1v) is 5.28. The summed E-state index contributed by atoms with van der Waals surface area (Å²) in [5.41, 5.74) is 0. The van der Waals surface area contributed by atoms with Crippen molar-refractivity contribution in [3.05, 3.63) is 17.5 Å².